The summed E-state index contributed by atoms with van der Waals surface area (Å²) in [7, 11) is 0. The fourth-order valence-corrected chi connectivity index (χ4v) is 4.95. The Morgan fingerprint density at radius 1 is 1.21 bits per heavy atom. The van der Waals surface area contributed by atoms with E-state index < -0.39 is 0 Å². The topological polar surface area (TPSA) is 69.6 Å². The zero-order valence-corrected chi connectivity index (χ0v) is 17.3. The summed E-state index contributed by atoms with van der Waals surface area (Å²) in [6.45, 7) is 5.45. The molecule has 150 valence electrons. The Labute approximate surface area is 170 Å². The van der Waals surface area contributed by atoms with E-state index in [1.807, 2.05) is 4.90 Å². The van der Waals surface area contributed by atoms with Gasteiger partial charge in [-0.2, -0.15) is 0 Å². The van der Waals surface area contributed by atoms with Gasteiger partial charge in [-0.1, -0.05) is 32.4 Å². The van der Waals surface area contributed by atoms with Crippen molar-refractivity contribution in [1.29, 1.82) is 0 Å². The van der Waals surface area contributed by atoms with Gasteiger partial charge in [0, 0.05) is 23.9 Å². The molecular formula is C22H28N2O3S. The van der Waals surface area contributed by atoms with Crippen LogP contribution in [0.4, 0.5) is 5.69 Å². The van der Waals surface area contributed by atoms with Gasteiger partial charge in [0.25, 0.3) is 5.91 Å². The largest absolute Gasteiger partial charge is 0.506 e. The number of hydrogen-bond donors (Lipinski definition) is 2. The number of carbonyl (C=O) groups is 2. The molecule has 2 heterocycles. The normalized spacial score (nSPS) is 14.9. The van der Waals surface area contributed by atoms with Crippen molar-refractivity contribution < 1.29 is 14.7 Å². The quantitative estimate of drug-likeness (QED) is 0.704. The molecule has 1 aliphatic rings. The van der Waals surface area contributed by atoms with E-state index >= 15 is 0 Å². The summed E-state index contributed by atoms with van der Waals surface area (Å²) in [6.07, 6.45) is 4.33. The van der Waals surface area contributed by atoms with Crippen LogP contribution in [0.1, 0.15) is 53.2 Å². The van der Waals surface area contributed by atoms with E-state index in [0.29, 0.717) is 31.6 Å². The highest BCUT2D eigenvalue weighted by Crippen LogP contribution is 2.28. The number of anilines is 1. The summed E-state index contributed by atoms with van der Waals surface area (Å²) in [5.74, 6) is -0.0885. The van der Waals surface area contributed by atoms with Crippen LogP contribution < -0.4 is 5.32 Å². The van der Waals surface area contributed by atoms with Crippen LogP contribution in [0.3, 0.4) is 0 Å². The summed E-state index contributed by atoms with van der Waals surface area (Å²) in [4.78, 5) is 29.4. The molecule has 0 spiro atoms. The molecule has 1 saturated heterocycles. The number of hydrogen-bond acceptors (Lipinski definition) is 4. The van der Waals surface area contributed by atoms with Crippen molar-refractivity contribution in [1.82, 2.24) is 4.90 Å². The van der Waals surface area contributed by atoms with E-state index in [2.05, 4.69) is 25.2 Å². The maximum atomic E-state index is 12.9. The third-order valence-corrected chi connectivity index (χ3v) is 6.51. The van der Waals surface area contributed by atoms with Gasteiger partial charge in [-0.3, -0.25) is 9.59 Å². The van der Waals surface area contributed by atoms with Gasteiger partial charge >= 0.3 is 0 Å². The molecule has 1 aromatic heterocycles. The number of nitrogens with one attached hydrogen (secondary N) is 1. The number of likely N-dealkylation sites (tertiary alicyclic amines) is 1. The molecule has 0 saturated carbocycles. The van der Waals surface area contributed by atoms with E-state index in [1.165, 1.54) is 10.4 Å². The number of aromatic hydroxyl groups is 1. The van der Waals surface area contributed by atoms with E-state index in [0.717, 1.165) is 24.1 Å². The van der Waals surface area contributed by atoms with Gasteiger partial charge < -0.3 is 15.3 Å². The minimum absolute atomic E-state index is 0.0655. The van der Waals surface area contributed by atoms with E-state index in [1.54, 1.807) is 35.6 Å². The Bertz CT molecular complexity index is 838. The van der Waals surface area contributed by atoms with E-state index in [9.17, 15) is 14.7 Å². The van der Waals surface area contributed by atoms with Crippen molar-refractivity contribution in [2.45, 2.75) is 46.0 Å². The van der Waals surface area contributed by atoms with Crippen molar-refractivity contribution in [2.75, 3.05) is 18.4 Å². The van der Waals surface area contributed by atoms with Crippen molar-refractivity contribution in [3.05, 3.63) is 45.6 Å². The number of aryl methyl sites for hydroxylation is 2. The van der Waals surface area contributed by atoms with Crippen LogP contribution in [0.15, 0.2) is 30.3 Å². The van der Waals surface area contributed by atoms with Crippen LogP contribution in [0.2, 0.25) is 0 Å². The van der Waals surface area contributed by atoms with Gasteiger partial charge in [-0.05, 0) is 49.4 Å². The molecule has 2 N–H and O–H groups in total. The molecule has 0 bridgehead atoms. The summed E-state index contributed by atoms with van der Waals surface area (Å²) in [5.41, 5.74) is 1.72. The van der Waals surface area contributed by atoms with Gasteiger partial charge in [0.15, 0.2) is 0 Å². The Kier molecular flexibility index (Phi) is 6.73. The van der Waals surface area contributed by atoms with Crippen molar-refractivity contribution >= 4 is 28.8 Å². The summed E-state index contributed by atoms with van der Waals surface area (Å²) in [5, 5.41) is 12.6. The van der Waals surface area contributed by atoms with Crippen molar-refractivity contribution in [3.8, 4) is 5.75 Å². The van der Waals surface area contributed by atoms with Crippen LogP contribution in [0.25, 0.3) is 0 Å². The number of amides is 2. The Balaban J connectivity index is 1.58. The molecule has 0 atom stereocenters. The molecule has 6 heteroatoms. The smallest absolute Gasteiger partial charge is 0.263 e. The standard InChI is InChI=1S/C22H28N2O3S/c1-3-7-19-15(4-2)14-20(28-19)22(27)24-12-10-16(11-13-24)21(26)23-17-8-5-6-9-18(17)25/h5-6,8-9,14,16,25H,3-4,7,10-13H2,1-2H3,(H,23,26). The number of rotatable bonds is 6. The summed E-state index contributed by atoms with van der Waals surface area (Å²) in [6, 6.07) is 8.77. The lowest BCUT2D eigenvalue weighted by molar-refractivity contribution is -0.121. The number of para-hydroxylation sites is 2. The van der Waals surface area contributed by atoms with Crippen LogP contribution in [-0.4, -0.2) is 34.9 Å². The Hall–Kier alpha value is -2.34. The van der Waals surface area contributed by atoms with Crippen molar-refractivity contribution in [2.24, 2.45) is 5.92 Å². The average Bonchev–Trinajstić information content (AvgIpc) is 3.12. The molecule has 3 rings (SSSR count). The number of nitrogens with zero attached hydrogens (tertiary/aromatic N) is 1. The summed E-state index contributed by atoms with van der Waals surface area (Å²) >= 11 is 1.62. The van der Waals surface area contributed by atoms with Gasteiger partial charge in [0.1, 0.15) is 5.75 Å². The second-order valence-electron chi connectivity index (χ2n) is 7.24. The maximum Gasteiger partial charge on any atom is 0.263 e. The number of phenols is 1. The molecule has 28 heavy (non-hydrogen) atoms. The first-order chi connectivity index (χ1) is 13.5. The molecule has 5 nitrogen and oxygen atoms in total. The Morgan fingerprint density at radius 2 is 1.93 bits per heavy atom. The molecule has 1 aliphatic heterocycles. The lowest BCUT2D eigenvalue weighted by Gasteiger charge is -2.31. The number of carbonyl (C=O) groups excluding carboxylic acids is 2. The molecule has 1 fully saturated rings. The number of benzene rings is 1. The molecule has 0 radical (unpaired) electrons. The zero-order valence-electron chi connectivity index (χ0n) is 16.5. The van der Waals surface area contributed by atoms with Crippen molar-refractivity contribution in [3.63, 3.8) is 0 Å². The van der Waals surface area contributed by atoms with E-state index in [4.69, 9.17) is 0 Å². The van der Waals surface area contributed by atoms with Gasteiger partial charge in [0.2, 0.25) is 5.91 Å². The van der Waals surface area contributed by atoms with E-state index in [-0.39, 0.29) is 23.5 Å². The number of piperidine rings is 1. The SMILES string of the molecule is CCCc1sc(C(=O)N2CCC(C(=O)Nc3ccccc3O)CC2)cc1CC. The molecule has 2 aromatic rings. The van der Waals surface area contributed by atoms with Crippen LogP contribution >= 0.6 is 11.3 Å². The average molecular weight is 401 g/mol. The minimum Gasteiger partial charge on any atom is -0.506 e. The molecule has 0 unspecified atom stereocenters. The highest BCUT2D eigenvalue weighted by molar-refractivity contribution is 7.14. The zero-order chi connectivity index (χ0) is 20.1. The third-order valence-electron chi connectivity index (χ3n) is 5.28. The lowest BCUT2D eigenvalue weighted by Crippen LogP contribution is -2.41. The highest BCUT2D eigenvalue weighted by Gasteiger charge is 2.29. The summed E-state index contributed by atoms with van der Waals surface area (Å²) < 4.78 is 0. The monoisotopic (exact) mass is 400 g/mol. The fraction of sp³-hybridized carbons (Fsp3) is 0.455. The van der Waals surface area contributed by atoms with Gasteiger partial charge in [-0.25, -0.2) is 0 Å². The van der Waals surface area contributed by atoms with Crippen LogP contribution in [-0.2, 0) is 17.6 Å². The number of phenolic OH excluding ortho intramolecular Hbond substituents is 1. The van der Waals surface area contributed by atoms with Gasteiger partial charge in [-0.15, -0.1) is 11.3 Å². The molecule has 0 aliphatic carbocycles. The first-order valence-corrected chi connectivity index (χ1v) is 10.8. The first-order valence-electron chi connectivity index (χ1n) is 10.0. The molecule has 2 amide bonds. The first kappa shape index (κ1) is 20.4. The fourth-order valence-electron chi connectivity index (χ4n) is 3.62. The minimum atomic E-state index is -0.145. The predicted molar refractivity (Wildman–Crippen MR) is 113 cm³/mol. The Morgan fingerprint density at radius 3 is 2.57 bits per heavy atom. The van der Waals surface area contributed by atoms with Gasteiger partial charge in [0.05, 0.1) is 10.6 Å². The highest BCUT2D eigenvalue weighted by atomic mass is 32.1. The lowest BCUT2D eigenvalue weighted by atomic mass is 9.95. The molecular weight excluding hydrogens is 372 g/mol. The second kappa shape index (κ2) is 9.24. The second-order valence-corrected chi connectivity index (χ2v) is 8.37. The predicted octanol–water partition coefficient (Wildman–Crippen LogP) is 4.46. The third kappa shape index (κ3) is 4.55. The maximum absolute atomic E-state index is 12.9. The van der Waals surface area contributed by atoms with Crippen LogP contribution in [0.5, 0.6) is 5.75 Å². The molecule has 1 aromatic carbocycles. The number of thiophene rings is 1. The van der Waals surface area contributed by atoms with Crippen LogP contribution in [0, 0.1) is 5.92 Å².